The highest BCUT2D eigenvalue weighted by Gasteiger charge is 2.29. The third-order valence-corrected chi connectivity index (χ3v) is 6.24. The van der Waals surface area contributed by atoms with Crippen LogP contribution in [0, 0.1) is 0 Å². The zero-order chi connectivity index (χ0) is 20.3. The fourth-order valence-corrected chi connectivity index (χ4v) is 4.67. The summed E-state index contributed by atoms with van der Waals surface area (Å²) in [7, 11) is -2.26. The molecule has 6 nitrogen and oxygen atoms in total. The highest BCUT2D eigenvalue weighted by atomic mass is 32.2. The second kappa shape index (κ2) is 8.16. The van der Waals surface area contributed by atoms with Crippen molar-refractivity contribution in [2.75, 3.05) is 18.6 Å². The van der Waals surface area contributed by atoms with Gasteiger partial charge in [-0.2, -0.15) is 0 Å². The minimum absolute atomic E-state index is 0.0475. The van der Waals surface area contributed by atoms with Gasteiger partial charge in [0.15, 0.2) is 0 Å². The number of methoxy groups -OCH3 is 1. The van der Waals surface area contributed by atoms with Gasteiger partial charge in [-0.1, -0.05) is 31.2 Å². The molecule has 28 heavy (non-hydrogen) atoms. The first kappa shape index (κ1) is 20.1. The summed E-state index contributed by atoms with van der Waals surface area (Å²) in [5.74, 6) is 0.121. The fourth-order valence-electron chi connectivity index (χ4n) is 3.42. The van der Waals surface area contributed by atoms with Crippen molar-refractivity contribution in [3.05, 3.63) is 59.7 Å². The van der Waals surface area contributed by atoms with Crippen LogP contribution in [-0.2, 0) is 21.2 Å². The van der Waals surface area contributed by atoms with Crippen molar-refractivity contribution in [3.63, 3.8) is 0 Å². The van der Waals surface area contributed by atoms with Crippen molar-refractivity contribution in [1.82, 2.24) is 4.72 Å². The number of fused-ring (bicyclic) bond motifs is 1. The van der Waals surface area contributed by atoms with E-state index < -0.39 is 10.0 Å². The number of anilines is 1. The zero-order valence-corrected chi connectivity index (χ0v) is 17.0. The number of hydrogen-bond acceptors (Lipinski definition) is 4. The average Bonchev–Trinajstić information content (AvgIpc) is 3.01. The van der Waals surface area contributed by atoms with Crippen LogP contribution in [0.4, 0.5) is 5.69 Å². The topological polar surface area (TPSA) is 75.7 Å². The van der Waals surface area contributed by atoms with Gasteiger partial charge in [0.1, 0.15) is 10.6 Å². The molecule has 0 radical (unpaired) electrons. The summed E-state index contributed by atoms with van der Waals surface area (Å²) in [6.07, 6.45) is 3.92. The van der Waals surface area contributed by atoms with Gasteiger partial charge in [0.2, 0.25) is 10.0 Å². The molecule has 1 amide bonds. The predicted octanol–water partition coefficient (Wildman–Crippen LogP) is 2.98. The second-order valence-corrected chi connectivity index (χ2v) is 8.37. The summed E-state index contributed by atoms with van der Waals surface area (Å²) in [6, 6.07) is 12.7. The van der Waals surface area contributed by atoms with Crippen molar-refractivity contribution in [2.24, 2.45) is 0 Å². The second-order valence-electron chi connectivity index (χ2n) is 6.64. The maximum atomic E-state index is 12.8. The molecule has 148 valence electrons. The van der Waals surface area contributed by atoms with Crippen LogP contribution in [0.5, 0.6) is 5.75 Å². The summed E-state index contributed by atoms with van der Waals surface area (Å²) in [4.78, 5) is 14.6. The third-order valence-electron chi connectivity index (χ3n) is 4.67. The van der Waals surface area contributed by atoms with Gasteiger partial charge in [-0.05, 0) is 48.7 Å². The minimum atomic E-state index is -3.68. The Balaban J connectivity index is 1.88. The molecule has 1 atom stereocenters. The van der Waals surface area contributed by atoms with E-state index in [1.54, 1.807) is 30.0 Å². The molecule has 0 spiro atoms. The Morgan fingerprint density at radius 2 is 2.04 bits per heavy atom. The lowest BCUT2D eigenvalue weighted by Crippen LogP contribution is -2.34. The largest absolute Gasteiger partial charge is 0.495 e. The predicted molar refractivity (Wildman–Crippen MR) is 110 cm³/mol. The summed E-state index contributed by atoms with van der Waals surface area (Å²) in [5.41, 5.74) is 2.68. The van der Waals surface area contributed by atoms with Crippen LogP contribution in [0.15, 0.2) is 53.4 Å². The molecule has 0 aliphatic carbocycles. The molecule has 0 saturated heterocycles. The molecule has 7 heteroatoms. The summed E-state index contributed by atoms with van der Waals surface area (Å²) in [6.45, 7) is 4.00. The highest BCUT2D eigenvalue weighted by molar-refractivity contribution is 7.89. The Kier molecular flexibility index (Phi) is 5.86. The van der Waals surface area contributed by atoms with E-state index in [9.17, 15) is 13.2 Å². The van der Waals surface area contributed by atoms with E-state index in [1.165, 1.54) is 19.3 Å². The van der Waals surface area contributed by atoms with Crippen molar-refractivity contribution in [2.45, 2.75) is 31.2 Å². The molecule has 0 saturated carbocycles. The van der Waals surface area contributed by atoms with Crippen molar-refractivity contribution < 1.29 is 17.9 Å². The van der Waals surface area contributed by atoms with Gasteiger partial charge in [-0.15, -0.1) is 0 Å². The standard InChI is InChI=1S/C21H24N2O4S/c1-4-22-28(25,26)20-14-16(9-11-19(20)27-3)10-12-21(24)23-15(2)13-17-7-5-6-8-18(17)23/h5-12,14-15,22H,4,13H2,1-3H3. The maximum absolute atomic E-state index is 12.8. The molecule has 2 aromatic rings. The molecule has 1 aliphatic rings. The van der Waals surface area contributed by atoms with Crippen LogP contribution in [0.2, 0.25) is 0 Å². The molecule has 2 aromatic carbocycles. The van der Waals surface area contributed by atoms with Gasteiger partial charge >= 0.3 is 0 Å². The maximum Gasteiger partial charge on any atom is 0.251 e. The number of benzene rings is 2. The average molecular weight is 401 g/mol. The molecule has 1 unspecified atom stereocenters. The lowest BCUT2D eigenvalue weighted by atomic mass is 10.1. The number of sulfonamides is 1. The Morgan fingerprint density at radius 3 is 2.75 bits per heavy atom. The molecule has 1 N–H and O–H groups in total. The van der Waals surface area contributed by atoms with E-state index in [0.717, 1.165) is 17.7 Å². The quantitative estimate of drug-likeness (QED) is 0.757. The smallest absolute Gasteiger partial charge is 0.251 e. The Bertz CT molecular complexity index is 1010. The first-order valence-corrected chi connectivity index (χ1v) is 10.6. The van der Waals surface area contributed by atoms with Gasteiger partial charge in [-0.3, -0.25) is 4.79 Å². The summed E-state index contributed by atoms with van der Waals surface area (Å²) < 4.78 is 32.4. The first-order valence-electron chi connectivity index (χ1n) is 9.14. The fraction of sp³-hybridized carbons (Fsp3) is 0.286. The summed E-state index contributed by atoms with van der Waals surface area (Å²) in [5, 5.41) is 0. The van der Waals surface area contributed by atoms with Gasteiger partial charge in [-0.25, -0.2) is 13.1 Å². The van der Waals surface area contributed by atoms with E-state index in [4.69, 9.17) is 4.74 Å². The van der Waals surface area contributed by atoms with E-state index >= 15 is 0 Å². The minimum Gasteiger partial charge on any atom is -0.495 e. The Labute approximate surface area is 165 Å². The first-order chi connectivity index (χ1) is 13.4. The van der Waals surface area contributed by atoms with Crippen LogP contribution in [-0.4, -0.2) is 34.0 Å². The van der Waals surface area contributed by atoms with Crippen molar-refractivity contribution >= 4 is 27.7 Å². The van der Waals surface area contributed by atoms with Crippen LogP contribution in [0.3, 0.4) is 0 Å². The number of ether oxygens (including phenoxy) is 1. The molecule has 0 fully saturated rings. The van der Waals surface area contributed by atoms with E-state index in [-0.39, 0.29) is 29.1 Å². The number of nitrogens with zero attached hydrogens (tertiary/aromatic N) is 1. The number of carbonyl (C=O) groups is 1. The van der Waals surface area contributed by atoms with E-state index in [2.05, 4.69) is 4.72 Å². The van der Waals surface area contributed by atoms with Crippen LogP contribution < -0.4 is 14.4 Å². The Morgan fingerprint density at radius 1 is 1.29 bits per heavy atom. The Hall–Kier alpha value is -2.64. The molecule has 0 aromatic heterocycles. The van der Waals surface area contributed by atoms with Crippen molar-refractivity contribution in [3.8, 4) is 5.75 Å². The van der Waals surface area contributed by atoms with Gasteiger partial charge in [0, 0.05) is 24.4 Å². The normalized spacial score (nSPS) is 16.4. The highest BCUT2D eigenvalue weighted by Crippen LogP contribution is 2.32. The van der Waals surface area contributed by atoms with Crippen LogP contribution >= 0.6 is 0 Å². The molecule has 1 aliphatic heterocycles. The van der Waals surface area contributed by atoms with Crippen molar-refractivity contribution in [1.29, 1.82) is 0 Å². The monoisotopic (exact) mass is 400 g/mol. The molecular formula is C21H24N2O4S. The van der Waals surface area contributed by atoms with Gasteiger partial charge in [0.05, 0.1) is 7.11 Å². The zero-order valence-electron chi connectivity index (χ0n) is 16.2. The van der Waals surface area contributed by atoms with E-state index in [1.807, 2.05) is 31.2 Å². The van der Waals surface area contributed by atoms with Crippen LogP contribution in [0.1, 0.15) is 25.0 Å². The number of nitrogens with one attached hydrogen (secondary N) is 1. The van der Waals surface area contributed by atoms with E-state index in [0.29, 0.717) is 5.56 Å². The molecule has 0 bridgehead atoms. The lowest BCUT2D eigenvalue weighted by molar-refractivity contribution is -0.114. The third kappa shape index (κ3) is 3.95. The number of carbonyl (C=O) groups excluding carboxylic acids is 1. The van der Waals surface area contributed by atoms with Gasteiger partial charge in [0.25, 0.3) is 5.91 Å². The van der Waals surface area contributed by atoms with Crippen LogP contribution in [0.25, 0.3) is 6.08 Å². The summed E-state index contributed by atoms with van der Waals surface area (Å²) >= 11 is 0. The SMILES string of the molecule is CCNS(=O)(=O)c1cc(C=CC(=O)N2c3ccccc3CC2C)ccc1OC. The molecule has 1 heterocycles. The number of hydrogen-bond donors (Lipinski definition) is 1. The van der Waals surface area contributed by atoms with Gasteiger partial charge < -0.3 is 9.64 Å². The number of amides is 1. The lowest BCUT2D eigenvalue weighted by Gasteiger charge is -2.21. The number of rotatable bonds is 6. The molecule has 3 rings (SSSR count). The molecular weight excluding hydrogens is 376 g/mol. The number of para-hydroxylation sites is 1.